The van der Waals surface area contributed by atoms with Crippen molar-refractivity contribution in [1.29, 1.82) is 0 Å². The zero-order chi connectivity index (χ0) is 18.2. The van der Waals surface area contributed by atoms with E-state index in [0.29, 0.717) is 11.4 Å². The molecule has 7 heteroatoms. The summed E-state index contributed by atoms with van der Waals surface area (Å²) >= 11 is 0. The van der Waals surface area contributed by atoms with Gasteiger partial charge in [0.1, 0.15) is 11.5 Å². The van der Waals surface area contributed by atoms with Gasteiger partial charge in [-0.3, -0.25) is 4.79 Å². The van der Waals surface area contributed by atoms with E-state index in [1.807, 2.05) is 0 Å². The number of alkyl halides is 3. The van der Waals surface area contributed by atoms with Gasteiger partial charge in [-0.2, -0.15) is 13.2 Å². The van der Waals surface area contributed by atoms with Crippen molar-refractivity contribution in [3.8, 4) is 0 Å². The summed E-state index contributed by atoms with van der Waals surface area (Å²) in [7, 11) is 0. The SMILES string of the molecule is Cc1nccc(C(=O)N(C2CC2)[C@H](C)c2cccc(C(F)(F)F)c2)n1. The highest BCUT2D eigenvalue weighted by molar-refractivity contribution is 5.93. The number of nitrogens with zero attached hydrogens (tertiary/aromatic N) is 3. The fraction of sp³-hybridized carbons (Fsp3) is 0.389. The third-order valence-electron chi connectivity index (χ3n) is 4.28. The lowest BCUT2D eigenvalue weighted by Gasteiger charge is -2.30. The topological polar surface area (TPSA) is 46.1 Å². The number of carbonyl (C=O) groups is 1. The van der Waals surface area contributed by atoms with Crippen LogP contribution in [0.15, 0.2) is 36.5 Å². The van der Waals surface area contributed by atoms with E-state index < -0.39 is 17.8 Å². The molecule has 1 heterocycles. The normalized spacial score (nSPS) is 15.7. The van der Waals surface area contributed by atoms with E-state index in [4.69, 9.17) is 0 Å². The molecule has 0 N–H and O–H groups in total. The number of hydrogen-bond acceptors (Lipinski definition) is 3. The van der Waals surface area contributed by atoms with E-state index in [2.05, 4.69) is 9.97 Å². The average Bonchev–Trinajstić information content (AvgIpc) is 3.39. The molecule has 0 aliphatic heterocycles. The van der Waals surface area contributed by atoms with Crippen molar-refractivity contribution in [2.45, 2.75) is 44.9 Å². The van der Waals surface area contributed by atoms with Gasteiger partial charge in [-0.1, -0.05) is 12.1 Å². The van der Waals surface area contributed by atoms with Gasteiger partial charge in [-0.15, -0.1) is 0 Å². The van der Waals surface area contributed by atoms with E-state index in [9.17, 15) is 18.0 Å². The maximum Gasteiger partial charge on any atom is 0.416 e. The standard InChI is InChI=1S/C18H18F3N3O/c1-11(13-4-3-5-14(10-13)18(19,20)21)24(15-6-7-15)17(25)16-8-9-22-12(2)23-16/h3-5,8-11,15H,6-7H2,1-2H3/t11-/m1/s1. The predicted octanol–water partition coefficient (Wildman–Crippen LogP) is 4.17. The minimum absolute atomic E-state index is 0.0346. The van der Waals surface area contributed by atoms with E-state index in [1.54, 1.807) is 24.8 Å². The molecule has 0 spiro atoms. The largest absolute Gasteiger partial charge is 0.416 e. The van der Waals surface area contributed by atoms with Crippen LogP contribution in [-0.2, 0) is 6.18 Å². The van der Waals surface area contributed by atoms with Crippen LogP contribution < -0.4 is 0 Å². The van der Waals surface area contributed by atoms with Gasteiger partial charge in [0.15, 0.2) is 0 Å². The zero-order valence-corrected chi connectivity index (χ0v) is 13.9. The van der Waals surface area contributed by atoms with Gasteiger partial charge in [-0.25, -0.2) is 9.97 Å². The molecule has 1 saturated carbocycles. The Hall–Kier alpha value is -2.44. The molecule has 132 valence electrons. The molecule has 1 fully saturated rings. The molecule has 0 unspecified atom stereocenters. The lowest BCUT2D eigenvalue weighted by atomic mass is 10.0. The Morgan fingerprint density at radius 3 is 2.60 bits per heavy atom. The number of aromatic nitrogens is 2. The van der Waals surface area contributed by atoms with Gasteiger partial charge < -0.3 is 4.90 Å². The van der Waals surface area contributed by atoms with Crippen LogP contribution in [0, 0.1) is 6.92 Å². The second kappa shape index (κ2) is 6.46. The third-order valence-corrected chi connectivity index (χ3v) is 4.28. The smallest absolute Gasteiger partial charge is 0.328 e. The highest BCUT2D eigenvalue weighted by Gasteiger charge is 2.38. The van der Waals surface area contributed by atoms with Crippen LogP contribution in [0.25, 0.3) is 0 Å². The summed E-state index contributed by atoms with van der Waals surface area (Å²) in [4.78, 5) is 22.7. The quantitative estimate of drug-likeness (QED) is 0.832. The molecule has 2 aromatic rings. The van der Waals surface area contributed by atoms with Crippen LogP contribution in [0.3, 0.4) is 0 Å². The predicted molar refractivity (Wildman–Crippen MR) is 85.8 cm³/mol. The van der Waals surface area contributed by atoms with Gasteiger partial charge in [0, 0.05) is 12.2 Å². The Bertz CT molecular complexity index is 787. The number of benzene rings is 1. The number of carbonyl (C=O) groups excluding carboxylic acids is 1. The van der Waals surface area contributed by atoms with Gasteiger partial charge >= 0.3 is 6.18 Å². The molecule has 0 bridgehead atoms. The summed E-state index contributed by atoms with van der Waals surface area (Å²) < 4.78 is 38.9. The fourth-order valence-electron chi connectivity index (χ4n) is 2.85. The maximum absolute atomic E-state index is 13.0. The number of rotatable bonds is 4. The van der Waals surface area contributed by atoms with Crippen molar-refractivity contribution in [2.75, 3.05) is 0 Å². The highest BCUT2D eigenvalue weighted by atomic mass is 19.4. The summed E-state index contributed by atoms with van der Waals surface area (Å²) in [5.41, 5.74) is 0.0111. The third kappa shape index (κ3) is 3.81. The minimum atomic E-state index is -4.41. The Balaban J connectivity index is 1.92. The second-order valence-electron chi connectivity index (χ2n) is 6.23. The van der Waals surface area contributed by atoms with Crippen molar-refractivity contribution < 1.29 is 18.0 Å². The molecule has 0 radical (unpaired) electrons. The van der Waals surface area contributed by atoms with Gasteiger partial charge in [0.2, 0.25) is 0 Å². The first-order valence-corrected chi connectivity index (χ1v) is 8.07. The van der Waals surface area contributed by atoms with Crippen molar-refractivity contribution in [3.63, 3.8) is 0 Å². The second-order valence-corrected chi connectivity index (χ2v) is 6.23. The molecule has 1 aliphatic rings. The van der Waals surface area contributed by atoms with E-state index in [0.717, 1.165) is 25.0 Å². The number of hydrogen-bond donors (Lipinski definition) is 0. The fourth-order valence-corrected chi connectivity index (χ4v) is 2.85. The van der Waals surface area contributed by atoms with Crippen LogP contribution in [-0.4, -0.2) is 26.8 Å². The highest BCUT2D eigenvalue weighted by Crippen LogP contribution is 2.37. The van der Waals surface area contributed by atoms with Crippen LogP contribution in [0.4, 0.5) is 13.2 Å². The summed E-state index contributed by atoms with van der Waals surface area (Å²) in [6.45, 7) is 3.44. The summed E-state index contributed by atoms with van der Waals surface area (Å²) in [5.74, 6) is 0.200. The molecule has 4 nitrogen and oxygen atoms in total. The zero-order valence-electron chi connectivity index (χ0n) is 13.9. The van der Waals surface area contributed by atoms with Crippen LogP contribution in [0.5, 0.6) is 0 Å². The van der Waals surface area contributed by atoms with Crippen molar-refractivity contribution in [2.24, 2.45) is 0 Å². The lowest BCUT2D eigenvalue weighted by molar-refractivity contribution is -0.137. The summed E-state index contributed by atoms with van der Waals surface area (Å²) in [6, 6.07) is 6.23. The van der Waals surface area contributed by atoms with Crippen LogP contribution in [0.1, 0.15) is 53.2 Å². The Labute approximate surface area is 143 Å². The molecule has 1 amide bonds. The Morgan fingerprint density at radius 2 is 2.00 bits per heavy atom. The molecular weight excluding hydrogens is 331 g/mol. The molecule has 1 aromatic heterocycles. The van der Waals surface area contributed by atoms with Gasteiger partial charge in [0.05, 0.1) is 11.6 Å². The molecule has 1 atom stereocenters. The first kappa shape index (κ1) is 17.4. The first-order chi connectivity index (χ1) is 11.8. The molecule has 1 aromatic carbocycles. The van der Waals surface area contributed by atoms with Crippen molar-refractivity contribution >= 4 is 5.91 Å². The summed E-state index contributed by atoms with van der Waals surface area (Å²) in [6.07, 6.45) is -1.21. The summed E-state index contributed by atoms with van der Waals surface area (Å²) in [5, 5.41) is 0. The van der Waals surface area contributed by atoms with Crippen LogP contribution in [0.2, 0.25) is 0 Å². The number of halogens is 3. The van der Waals surface area contributed by atoms with E-state index in [1.165, 1.54) is 18.3 Å². The maximum atomic E-state index is 13.0. The monoisotopic (exact) mass is 349 g/mol. The molecule has 3 rings (SSSR count). The van der Waals surface area contributed by atoms with Gasteiger partial charge in [-0.05, 0) is 50.5 Å². The van der Waals surface area contributed by atoms with Crippen molar-refractivity contribution in [1.82, 2.24) is 14.9 Å². The number of aryl methyl sites for hydroxylation is 1. The Morgan fingerprint density at radius 1 is 1.28 bits per heavy atom. The minimum Gasteiger partial charge on any atom is -0.328 e. The van der Waals surface area contributed by atoms with Gasteiger partial charge in [0.25, 0.3) is 5.91 Å². The molecule has 25 heavy (non-hydrogen) atoms. The number of amides is 1. The molecule has 1 aliphatic carbocycles. The van der Waals surface area contributed by atoms with Crippen LogP contribution >= 0.6 is 0 Å². The molecule has 0 saturated heterocycles. The first-order valence-electron chi connectivity index (χ1n) is 8.07. The lowest BCUT2D eigenvalue weighted by Crippen LogP contribution is -2.36. The van der Waals surface area contributed by atoms with Crippen molar-refractivity contribution in [3.05, 3.63) is 59.2 Å². The molecular formula is C18H18F3N3O. The Kier molecular flexibility index (Phi) is 4.49. The average molecular weight is 349 g/mol. The van der Waals surface area contributed by atoms with E-state index >= 15 is 0 Å². The van der Waals surface area contributed by atoms with E-state index in [-0.39, 0.29) is 17.6 Å².